The number of benzene rings is 1. The van der Waals surface area contributed by atoms with Crippen LogP contribution in [0.4, 0.5) is 10.5 Å². The van der Waals surface area contributed by atoms with Crippen molar-refractivity contribution in [3.05, 3.63) is 59.9 Å². The number of rotatable bonds is 3. The number of amides is 2. The van der Waals surface area contributed by atoms with Gasteiger partial charge < -0.3 is 10.2 Å². The van der Waals surface area contributed by atoms with E-state index in [0.717, 1.165) is 37.1 Å². The van der Waals surface area contributed by atoms with E-state index in [9.17, 15) is 4.79 Å². The van der Waals surface area contributed by atoms with Gasteiger partial charge in [0.15, 0.2) is 0 Å². The molecule has 114 valence electrons. The lowest BCUT2D eigenvalue weighted by Gasteiger charge is -2.25. The smallest absolute Gasteiger partial charge is 0.317 e. The largest absolute Gasteiger partial charge is 0.322 e. The second-order valence-electron chi connectivity index (χ2n) is 5.62. The Morgan fingerprint density at radius 3 is 2.91 bits per heavy atom. The molecule has 1 fully saturated rings. The molecule has 4 nitrogen and oxygen atoms in total. The summed E-state index contributed by atoms with van der Waals surface area (Å²) < 4.78 is 0. The Morgan fingerprint density at radius 1 is 1.32 bits per heavy atom. The first-order chi connectivity index (χ1) is 10.8. The van der Waals surface area contributed by atoms with E-state index in [-0.39, 0.29) is 12.1 Å². The minimum Gasteiger partial charge on any atom is -0.317 e. The lowest BCUT2D eigenvalue weighted by atomic mass is 10.1. The number of nitrogens with one attached hydrogen (secondary N) is 1. The number of aromatic nitrogens is 1. The number of urea groups is 1. The Balaban J connectivity index is 1.73. The van der Waals surface area contributed by atoms with Crippen molar-refractivity contribution in [2.45, 2.75) is 32.2 Å². The first-order valence-electron chi connectivity index (χ1n) is 7.84. The van der Waals surface area contributed by atoms with Crippen LogP contribution in [0.2, 0.25) is 0 Å². The third-order valence-electron chi connectivity index (χ3n) is 4.19. The van der Waals surface area contributed by atoms with E-state index in [1.807, 2.05) is 35.2 Å². The highest BCUT2D eigenvalue weighted by Crippen LogP contribution is 2.32. The second-order valence-corrected chi connectivity index (χ2v) is 5.62. The standard InChI is InChI=1S/C18H21N3O/c1-2-14-5-3-6-16(13-14)20-18(22)21-12-4-7-17(21)15-8-10-19-11-9-15/h3,5-6,8-11,13,17H,2,4,7,12H2,1H3,(H,20,22). The van der Waals surface area contributed by atoms with Crippen molar-refractivity contribution in [3.8, 4) is 0 Å². The molecule has 1 atom stereocenters. The van der Waals surface area contributed by atoms with Crippen LogP contribution >= 0.6 is 0 Å². The highest BCUT2D eigenvalue weighted by Gasteiger charge is 2.29. The van der Waals surface area contributed by atoms with E-state index in [2.05, 4.69) is 23.3 Å². The molecule has 2 amide bonds. The molecular weight excluding hydrogens is 274 g/mol. The lowest BCUT2D eigenvalue weighted by molar-refractivity contribution is 0.207. The topological polar surface area (TPSA) is 45.2 Å². The molecule has 0 saturated carbocycles. The van der Waals surface area contributed by atoms with Crippen molar-refractivity contribution in [3.63, 3.8) is 0 Å². The molecule has 0 bridgehead atoms. The normalized spacial score (nSPS) is 17.5. The summed E-state index contributed by atoms with van der Waals surface area (Å²) in [7, 11) is 0. The zero-order valence-electron chi connectivity index (χ0n) is 12.8. The highest BCUT2D eigenvalue weighted by molar-refractivity contribution is 5.89. The highest BCUT2D eigenvalue weighted by atomic mass is 16.2. The molecule has 0 aliphatic carbocycles. The molecular formula is C18H21N3O. The molecule has 1 N–H and O–H groups in total. The molecule has 0 spiro atoms. The van der Waals surface area contributed by atoms with Gasteiger partial charge in [0.05, 0.1) is 6.04 Å². The van der Waals surface area contributed by atoms with Crippen LogP contribution in [-0.2, 0) is 6.42 Å². The van der Waals surface area contributed by atoms with Crippen LogP contribution in [0, 0.1) is 0 Å². The molecule has 1 aromatic heterocycles. The van der Waals surface area contributed by atoms with Gasteiger partial charge in [-0.25, -0.2) is 4.79 Å². The Bertz CT molecular complexity index is 642. The zero-order chi connectivity index (χ0) is 15.4. The maximum atomic E-state index is 12.6. The molecule has 1 aromatic carbocycles. The molecule has 1 saturated heterocycles. The van der Waals surface area contributed by atoms with Gasteiger partial charge in [-0.1, -0.05) is 19.1 Å². The Kier molecular flexibility index (Phi) is 4.37. The minimum atomic E-state index is -0.0208. The number of anilines is 1. The van der Waals surface area contributed by atoms with Crippen LogP contribution in [0.1, 0.15) is 36.9 Å². The Labute approximate surface area is 131 Å². The number of hydrogen-bond donors (Lipinski definition) is 1. The van der Waals surface area contributed by atoms with Crippen LogP contribution in [0.15, 0.2) is 48.8 Å². The quantitative estimate of drug-likeness (QED) is 0.929. The first kappa shape index (κ1) is 14.6. The summed E-state index contributed by atoms with van der Waals surface area (Å²) in [5.41, 5.74) is 3.25. The van der Waals surface area contributed by atoms with E-state index in [4.69, 9.17) is 0 Å². The van der Waals surface area contributed by atoms with Crippen LogP contribution in [-0.4, -0.2) is 22.5 Å². The molecule has 1 unspecified atom stereocenters. The van der Waals surface area contributed by atoms with Crippen molar-refractivity contribution in [2.75, 3.05) is 11.9 Å². The van der Waals surface area contributed by atoms with E-state index in [1.54, 1.807) is 12.4 Å². The predicted molar refractivity (Wildman–Crippen MR) is 87.8 cm³/mol. The maximum Gasteiger partial charge on any atom is 0.322 e. The van der Waals surface area contributed by atoms with Crippen LogP contribution in [0.5, 0.6) is 0 Å². The number of carbonyl (C=O) groups is 1. The molecule has 2 aromatic rings. The summed E-state index contributed by atoms with van der Waals surface area (Å²) in [4.78, 5) is 18.6. The van der Waals surface area contributed by atoms with E-state index >= 15 is 0 Å². The second kappa shape index (κ2) is 6.60. The maximum absolute atomic E-state index is 12.6. The molecule has 1 aliphatic rings. The summed E-state index contributed by atoms with van der Waals surface area (Å²) in [6, 6.07) is 12.2. The summed E-state index contributed by atoms with van der Waals surface area (Å²) in [6.45, 7) is 2.91. The lowest BCUT2D eigenvalue weighted by Crippen LogP contribution is -2.34. The average Bonchev–Trinajstić information content (AvgIpc) is 3.05. The summed E-state index contributed by atoms with van der Waals surface area (Å²) in [5, 5.41) is 3.03. The monoisotopic (exact) mass is 295 g/mol. The van der Waals surface area contributed by atoms with Gasteiger partial charge in [0.25, 0.3) is 0 Å². The van der Waals surface area contributed by atoms with Crippen molar-refractivity contribution >= 4 is 11.7 Å². The fourth-order valence-electron chi connectivity index (χ4n) is 3.01. The number of pyridine rings is 1. The minimum absolute atomic E-state index is 0.0208. The molecule has 0 radical (unpaired) electrons. The van der Waals surface area contributed by atoms with Gasteiger partial charge in [-0.15, -0.1) is 0 Å². The van der Waals surface area contributed by atoms with E-state index in [0.29, 0.717) is 0 Å². The van der Waals surface area contributed by atoms with Crippen LogP contribution in [0.25, 0.3) is 0 Å². The van der Waals surface area contributed by atoms with E-state index < -0.39 is 0 Å². The SMILES string of the molecule is CCc1cccc(NC(=O)N2CCCC2c2ccncc2)c1. The third-order valence-corrected chi connectivity index (χ3v) is 4.19. The van der Waals surface area contributed by atoms with Gasteiger partial charge in [-0.3, -0.25) is 4.98 Å². The fraction of sp³-hybridized carbons (Fsp3) is 0.333. The fourth-order valence-corrected chi connectivity index (χ4v) is 3.01. The van der Waals surface area contributed by atoms with Crippen molar-refractivity contribution in [1.29, 1.82) is 0 Å². The van der Waals surface area contributed by atoms with E-state index in [1.165, 1.54) is 5.56 Å². The van der Waals surface area contributed by atoms with Gasteiger partial charge in [-0.2, -0.15) is 0 Å². The van der Waals surface area contributed by atoms with Gasteiger partial charge >= 0.3 is 6.03 Å². The van der Waals surface area contributed by atoms with Gasteiger partial charge in [0.1, 0.15) is 0 Å². The number of nitrogens with zero attached hydrogens (tertiary/aromatic N) is 2. The summed E-state index contributed by atoms with van der Waals surface area (Å²) >= 11 is 0. The third kappa shape index (κ3) is 3.11. The molecule has 22 heavy (non-hydrogen) atoms. The molecule has 2 heterocycles. The molecule has 3 rings (SSSR count). The number of aryl methyl sites for hydroxylation is 1. The van der Waals surface area contributed by atoms with Gasteiger partial charge in [0, 0.05) is 24.6 Å². The molecule has 1 aliphatic heterocycles. The number of carbonyl (C=O) groups excluding carboxylic acids is 1. The summed E-state index contributed by atoms with van der Waals surface area (Å²) in [6.07, 6.45) is 6.58. The number of hydrogen-bond acceptors (Lipinski definition) is 2. The van der Waals surface area contributed by atoms with Crippen LogP contribution in [0.3, 0.4) is 0 Å². The zero-order valence-corrected chi connectivity index (χ0v) is 12.8. The predicted octanol–water partition coefficient (Wildman–Crippen LogP) is 4.01. The number of likely N-dealkylation sites (tertiary alicyclic amines) is 1. The van der Waals surface area contributed by atoms with Gasteiger partial charge in [-0.05, 0) is 54.7 Å². The average molecular weight is 295 g/mol. The van der Waals surface area contributed by atoms with Crippen molar-refractivity contribution < 1.29 is 4.79 Å². The summed E-state index contributed by atoms with van der Waals surface area (Å²) in [5.74, 6) is 0. The first-order valence-corrected chi connectivity index (χ1v) is 7.84. The van der Waals surface area contributed by atoms with Crippen molar-refractivity contribution in [1.82, 2.24) is 9.88 Å². The van der Waals surface area contributed by atoms with Gasteiger partial charge in [0.2, 0.25) is 0 Å². The van der Waals surface area contributed by atoms with Crippen LogP contribution < -0.4 is 5.32 Å². The Morgan fingerprint density at radius 2 is 2.14 bits per heavy atom. The van der Waals surface area contributed by atoms with Crippen molar-refractivity contribution in [2.24, 2.45) is 0 Å². The Hall–Kier alpha value is -2.36. The molecule has 4 heteroatoms.